The van der Waals surface area contributed by atoms with E-state index >= 15 is 0 Å². The van der Waals surface area contributed by atoms with Gasteiger partial charge in [0, 0.05) is 11.6 Å². The molecule has 1 unspecified atom stereocenters. The highest BCUT2D eigenvalue weighted by atomic mass is 19.1. The number of hydrogen-bond acceptors (Lipinski definition) is 1. The van der Waals surface area contributed by atoms with Gasteiger partial charge < -0.3 is 5.32 Å². The molecule has 0 radical (unpaired) electrons. The predicted octanol–water partition coefficient (Wildman–Crippen LogP) is 2.90. The Hall–Kier alpha value is -0.960. The van der Waals surface area contributed by atoms with Crippen molar-refractivity contribution >= 4 is 0 Å². The Morgan fingerprint density at radius 1 is 1.27 bits per heavy atom. The zero-order valence-electron chi connectivity index (χ0n) is 9.19. The number of nitrogens with one attached hydrogen (secondary N) is 1. The first-order chi connectivity index (χ1) is 7.19. The average molecular weight is 213 g/mol. The van der Waals surface area contributed by atoms with E-state index in [9.17, 15) is 8.78 Å². The fourth-order valence-corrected chi connectivity index (χ4v) is 1.64. The minimum absolute atomic E-state index is 0.200. The molecule has 0 aliphatic carbocycles. The minimum Gasteiger partial charge on any atom is -0.317 e. The fraction of sp³-hybridized carbons (Fsp3) is 0.500. The maximum Gasteiger partial charge on any atom is 0.129 e. The minimum atomic E-state index is -0.444. The molecule has 1 aromatic rings. The van der Waals surface area contributed by atoms with Crippen LogP contribution in [0.1, 0.15) is 25.3 Å². The highest BCUT2D eigenvalue weighted by Gasteiger charge is 2.10. The maximum atomic E-state index is 13.2. The third kappa shape index (κ3) is 3.27. The third-order valence-electron chi connectivity index (χ3n) is 2.71. The molecule has 1 aromatic carbocycles. The SMILES string of the molecule is CCC(CCc1c(F)cccc1F)NC. The Kier molecular flexibility index (Phi) is 4.69. The Balaban J connectivity index is 2.64. The van der Waals surface area contributed by atoms with Crippen molar-refractivity contribution in [1.82, 2.24) is 5.32 Å². The molecule has 15 heavy (non-hydrogen) atoms. The zero-order valence-corrected chi connectivity index (χ0v) is 9.19. The molecule has 0 aliphatic heterocycles. The molecule has 0 saturated carbocycles. The van der Waals surface area contributed by atoms with E-state index in [-0.39, 0.29) is 5.56 Å². The molecule has 0 heterocycles. The van der Waals surface area contributed by atoms with E-state index in [1.807, 2.05) is 7.05 Å². The number of hydrogen-bond donors (Lipinski definition) is 1. The summed E-state index contributed by atoms with van der Waals surface area (Å²) < 4.78 is 26.5. The molecule has 0 saturated heterocycles. The highest BCUT2D eigenvalue weighted by Crippen LogP contribution is 2.15. The van der Waals surface area contributed by atoms with E-state index in [1.165, 1.54) is 18.2 Å². The van der Waals surface area contributed by atoms with Gasteiger partial charge in [0.2, 0.25) is 0 Å². The van der Waals surface area contributed by atoms with Gasteiger partial charge in [-0.05, 0) is 38.4 Å². The number of halogens is 2. The van der Waals surface area contributed by atoms with Gasteiger partial charge in [-0.2, -0.15) is 0 Å². The van der Waals surface area contributed by atoms with Crippen LogP contribution in [0.25, 0.3) is 0 Å². The van der Waals surface area contributed by atoms with Gasteiger partial charge in [-0.25, -0.2) is 8.78 Å². The number of benzene rings is 1. The molecule has 0 amide bonds. The van der Waals surface area contributed by atoms with Gasteiger partial charge in [0.05, 0.1) is 0 Å². The first kappa shape index (κ1) is 12.1. The summed E-state index contributed by atoms with van der Waals surface area (Å²) in [5.41, 5.74) is 0.200. The summed E-state index contributed by atoms with van der Waals surface area (Å²) in [5.74, 6) is -0.887. The molecule has 0 aliphatic rings. The van der Waals surface area contributed by atoms with Crippen LogP contribution in [-0.2, 0) is 6.42 Å². The normalized spacial score (nSPS) is 12.8. The molecule has 0 bridgehead atoms. The van der Waals surface area contributed by atoms with Crippen LogP contribution in [0.2, 0.25) is 0 Å². The molecule has 0 aromatic heterocycles. The summed E-state index contributed by atoms with van der Waals surface area (Å²) in [4.78, 5) is 0. The van der Waals surface area contributed by atoms with E-state index < -0.39 is 11.6 Å². The van der Waals surface area contributed by atoms with E-state index in [4.69, 9.17) is 0 Å². The average Bonchev–Trinajstić information content (AvgIpc) is 2.23. The van der Waals surface area contributed by atoms with Crippen LogP contribution in [0.3, 0.4) is 0 Å². The Bertz CT molecular complexity index is 288. The van der Waals surface area contributed by atoms with Gasteiger partial charge in [0.1, 0.15) is 11.6 Å². The van der Waals surface area contributed by atoms with Crippen LogP contribution in [0.5, 0.6) is 0 Å². The zero-order chi connectivity index (χ0) is 11.3. The second-order valence-electron chi connectivity index (χ2n) is 3.63. The van der Waals surface area contributed by atoms with Crippen molar-refractivity contribution in [3.63, 3.8) is 0 Å². The molecule has 3 heteroatoms. The summed E-state index contributed by atoms with van der Waals surface area (Å²) in [6.45, 7) is 2.05. The first-order valence-electron chi connectivity index (χ1n) is 5.29. The van der Waals surface area contributed by atoms with Crippen molar-refractivity contribution in [2.75, 3.05) is 7.05 Å². The summed E-state index contributed by atoms with van der Waals surface area (Å²) >= 11 is 0. The largest absolute Gasteiger partial charge is 0.317 e. The molecule has 1 N–H and O–H groups in total. The van der Waals surface area contributed by atoms with Gasteiger partial charge in [0.25, 0.3) is 0 Å². The van der Waals surface area contributed by atoms with Crippen molar-refractivity contribution in [2.24, 2.45) is 0 Å². The van der Waals surface area contributed by atoms with E-state index in [2.05, 4.69) is 12.2 Å². The second kappa shape index (κ2) is 5.81. The highest BCUT2D eigenvalue weighted by molar-refractivity contribution is 5.19. The van der Waals surface area contributed by atoms with Crippen molar-refractivity contribution in [2.45, 2.75) is 32.2 Å². The molecular formula is C12H17F2N. The lowest BCUT2D eigenvalue weighted by atomic mass is 10.0. The lowest BCUT2D eigenvalue weighted by Gasteiger charge is -2.13. The van der Waals surface area contributed by atoms with Gasteiger partial charge >= 0.3 is 0 Å². The molecule has 0 spiro atoms. The molecule has 84 valence electrons. The molecule has 1 atom stereocenters. The van der Waals surface area contributed by atoms with Crippen molar-refractivity contribution in [3.05, 3.63) is 35.4 Å². The summed E-state index contributed by atoms with van der Waals surface area (Å²) in [7, 11) is 1.87. The molecule has 1 nitrogen and oxygen atoms in total. The quantitative estimate of drug-likeness (QED) is 0.793. The van der Waals surface area contributed by atoms with Crippen molar-refractivity contribution in [3.8, 4) is 0 Å². The fourth-order valence-electron chi connectivity index (χ4n) is 1.64. The lowest BCUT2D eigenvalue weighted by molar-refractivity contribution is 0.487. The topological polar surface area (TPSA) is 12.0 Å². The summed E-state index contributed by atoms with van der Waals surface area (Å²) in [6.07, 6.45) is 2.16. The summed E-state index contributed by atoms with van der Waals surface area (Å²) in [5, 5.41) is 3.12. The number of rotatable bonds is 5. The van der Waals surface area contributed by atoms with Gasteiger partial charge in [-0.15, -0.1) is 0 Å². The van der Waals surface area contributed by atoms with Crippen LogP contribution >= 0.6 is 0 Å². The molecule has 0 fully saturated rings. The lowest BCUT2D eigenvalue weighted by Crippen LogP contribution is -2.24. The van der Waals surface area contributed by atoms with Crippen LogP contribution < -0.4 is 5.32 Å². The Morgan fingerprint density at radius 2 is 1.87 bits per heavy atom. The van der Waals surface area contributed by atoms with Crippen LogP contribution in [0, 0.1) is 11.6 Å². The summed E-state index contributed by atoms with van der Waals surface area (Å²) in [6, 6.07) is 4.32. The first-order valence-corrected chi connectivity index (χ1v) is 5.29. The van der Waals surface area contributed by atoms with Crippen molar-refractivity contribution in [1.29, 1.82) is 0 Å². The molecular weight excluding hydrogens is 196 g/mol. The monoisotopic (exact) mass is 213 g/mol. The van der Waals surface area contributed by atoms with Crippen LogP contribution in [0.4, 0.5) is 8.78 Å². The maximum absolute atomic E-state index is 13.2. The van der Waals surface area contributed by atoms with E-state index in [0.717, 1.165) is 12.8 Å². The standard InChI is InChI=1S/C12H17F2N/c1-3-9(15-2)7-8-10-11(13)5-4-6-12(10)14/h4-6,9,15H,3,7-8H2,1-2H3. The van der Waals surface area contributed by atoms with Gasteiger partial charge in [-0.3, -0.25) is 0 Å². The third-order valence-corrected chi connectivity index (χ3v) is 2.71. The smallest absolute Gasteiger partial charge is 0.129 e. The van der Waals surface area contributed by atoms with Crippen molar-refractivity contribution < 1.29 is 8.78 Å². The Morgan fingerprint density at radius 3 is 2.33 bits per heavy atom. The van der Waals surface area contributed by atoms with E-state index in [1.54, 1.807) is 0 Å². The molecule has 1 rings (SSSR count). The van der Waals surface area contributed by atoms with Crippen LogP contribution in [-0.4, -0.2) is 13.1 Å². The predicted molar refractivity (Wildman–Crippen MR) is 57.8 cm³/mol. The Labute approximate surface area is 89.5 Å². The van der Waals surface area contributed by atoms with E-state index in [0.29, 0.717) is 12.5 Å². The van der Waals surface area contributed by atoms with Gasteiger partial charge in [-0.1, -0.05) is 13.0 Å². The van der Waals surface area contributed by atoms with Gasteiger partial charge in [0.15, 0.2) is 0 Å². The second-order valence-corrected chi connectivity index (χ2v) is 3.63. The van der Waals surface area contributed by atoms with Crippen LogP contribution in [0.15, 0.2) is 18.2 Å².